The molecule has 4 heterocycles. The van der Waals surface area contributed by atoms with Crippen LogP contribution in [0.25, 0.3) is 16.8 Å². The molecule has 5 rings (SSSR count). The van der Waals surface area contributed by atoms with E-state index in [-0.39, 0.29) is 28.4 Å². The first-order valence-electron chi connectivity index (χ1n) is 12.7. The first kappa shape index (κ1) is 31.6. The van der Waals surface area contributed by atoms with E-state index in [1.54, 1.807) is 16.6 Å². The van der Waals surface area contributed by atoms with E-state index in [1.165, 1.54) is 6.33 Å². The standard InChI is InChI=1S/C24H25ClFN7O3.C2HF3O2/c1-24(2,3)23-30-21(31-36-23)22(34)27-11-14-4-5-16(19(26)18(14)25)20-17-10-15(12-33(17)29-13-28-20)32-6-8-35-9-7-32;3-2(4,5)1(6)7/h4-5,10,12-13H,6-9,11H2,1-3H3,(H,27,34);(H,6,7). The van der Waals surface area contributed by atoms with Crippen molar-refractivity contribution < 1.29 is 41.5 Å². The van der Waals surface area contributed by atoms with Crippen molar-refractivity contribution in [2.24, 2.45) is 0 Å². The molecule has 1 saturated heterocycles. The van der Waals surface area contributed by atoms with Gasteiger partial charge in [-0.3, -0.25) is 4.79 Å². The summed E-state index contributed by atoms with van der Waals surface area (Å²) in [6.07, 6.45) is -1.82. The lowest BCUT2D eigenvalue weighted by molar-refractivity contribution is -0.192. The van der Waals surface area contributed by atoms with Crippen molar-refractivity contribution in [3.63, 3.8) is 0 Å². The third-order valence-electron chi connectivity index (χ3n) is 6.14. The second kappa shape index (κ2) is 12.5. The Morgan fingerprint density at radius 3 is 2.44 bits per heavy atom. The van der Waals surface area contributed by atoms with Crippen LogP contribution >= 0.6 is 11.6 Å². The molecule has 0 saturated carbocycles. The van der Waals surface area contributed by atoms with Crippen LogP contribution in [0.3, 0.4) is 0 Å². The Bertz CT molecular complexity index is 1630. The number of fused-ring (bicyclic) bond motifs is 1. The summed E-state index contributed by atoms with van der Waals surface area (Å²) < 4.78 is 59.4. The van der Waals surface area contributed by atoms with Crippen molar-refractivity contribution in [3.05, 3.63) is 58.8 Å². The number of halogens is 5. The van der Waals surface area contributed by atoms with E-state index in [0.29, 0.717) is 35.9 Å². The van der Waals surface area contributed by atoms with Gasteiger partial charge in [-0.15, -0.1) is 0 Å². The molecule has 0 aliphatic carbocycles. The quantitative estimate of drug-likeness (QED) is 0.307. The van der Waals surface area contributed by atoms with Gasteiger partial charge in [-0.05, 0) is 17.7 Å². The van der Waals surface area contributed by atoms with Gasteiger partial charge in [0.1, 0.15) is 12.0 Å². The number of morpholine rings is 1. The zero-order valence-corrected chi connectivity index (χ0v) is 23.8. The third-order valence-corrected chi connectivity index (χ3v) is 6.55. The fourth-order valence-corrected chi connectivity index (χ4v) is 4.13. The number of aliphatic carboxylic acids is 1. The van der Waals surface area contributed by atoms with Crippen molar-refractivity contribution >= 4 is 34.7 Å². The van der Waals surface area contributed by atoms with Crippen LogP contribution in [0.2, 0.25) is 5.02 Å². The molecule has 17 heteroatoms. The van der Waals surface area contributed by atoms with Gasteiger partial charge in [0.25, 0.3) is 11.7 Å². The second-order valence-electron chi connectivity index (χ2n) is 10.3. The smallest absolute Gasteiger partial charge is 0.475 e. The monoisotopic (exact) mass is 627 g/mol. The molecular weight excluding hydrogens is 602 g/mol. The summed E-state index contributed by atoms with van der Waals surface area (Å²) in [7, 11) is 0. The van der Waals surface area contributed by atoms with Crippen molar-refractivity contribution in [2.45, 2.75) is 38.9 Å². The van der Waals surface area contributed by atoms with Gasteiger partial charge in [-0.2, -0.15) is 23.3 Å². The predicted octanol–water partition coefficient (Wildman–Crippen LogP) is 4.27. The van der Waals surface area contributed by atoms with Crippen LogP contribution in [0.5, 0.6) is 0 Å². The summed E-state index contributed by atoms with van der Waals surface area (Å²) in [4.78, 5) is 32.0. The number of anilines is 1. The molecule has 1 amide bonds. The summed E-state index contributed by atoms with van der Waals surface area (Å²) in [5.74, 6) is -3.68. The lowest BCUT2D eigenvalue weighted by atomic mass is 9.97. The number of ether oxygens (including phenoxy) is 1. The molecule has 1 aromatic carbocycles. The highest BCUT2D eigenvalue weighted by Gasteiger charge is 2.38. The largest absolute Gasteiger partial charge is 0.490 e. The van der Waals surface area contributed by atoms with Crippen LogP contribution < -0.4 is 10.2 Å². The molecule has 230 valence electrons. The molecule has 0 unspecified atom stereocenters. The van der Waals surface area contributed by atoms with E-state index < -0.39 is 23.9 Å². The van der Waals surface area contributed by atoms with Crippen LogP contribution in [0, 0.1) is 5.82 Å². The number of alkyl halides is 3. The molecule has 1 aliphatic rings. The second-order valence-corrected chi connectivity index (χ2v) is 10.7. The fraction of sp³-hybridized carbons (Fsp3) is 0.385. The van der Waals surface area contributed by atoms with E-state index >= 15 is 4.39 Å². The number of nitrogens with zero attached hydrogens (tertiary/aromatic N) is 6. The number of carboxylic acid groups (broad SMARTS) is 1. The number of carboxylic acids is 1. The van der Waals surface area contributed by atoms with E-state index in [1.807, 2.05) is 33.0 Å². The predicted molar refractivity (Wildman–Crippen MR) is 144 cm³/mol. The van der Waals surface area contributed by atoms with Gasteiger partial charge >= 0.3 is 12.1 Å². The average molecular weight is 628 g/mol. The van der Waals surface area contributed by atoms with Crippen molar-refractivity contribution in [1.29, 1.82) is 0 Å². The maximum atomic E-state index is 15.4. The number of carbonyl (C=O) groups excluding carboxylic acids is 1. The molecule has 2 N–H and O–H groups in total. The Hall–Kier alpha value is -4.31. The summed E-state index contributed by atoms with van der Waals surface area (Å²) >= 11 is 6.37. The lowest BCUT2D eigenvalue weighted by Crippen LogP contribution is -2.35. The Kier molecular flexibility index (Phi) is 9.20. The summed E-state index contributed by atoms with van der Waals surface area (Å²) in [6, 6.07) is 5.18. The van der Waals surface area contributed by atoms with Crippen LogP contribution in [0.4, 0.5) is 23.2 Å². The highest BCUT2D eigenvalue weighted by atomic mass is 35.5. The van der Waals surface area contributed by atoms with Crippen LogP contribution in [0.15, 0.2) is 35.2 Å². The van der Waals surface area contributed by atoms with Gasteiger partial charge in [-0.25, -0.2) is 18.7 Å². The topological polar surface area (TPSA) is 148 Å². The van der Waals surface area contributed by atoms with Crippen LogP contribution in [0.1, 0.15) is 42.8 Å². The number of carbonyl (C=O) groups is 2. The molecular formula is C26H26ClF4N7O5. The molecule has 43 heavy (non-hydrogen) atoms. The number of rotatable bonds is 5. The Balaban J connectivity index is 0.000000541. The average Bonchev–Trinajstić information content (AvgIpc) is 3.62. The van der Waals surface area contributed by atoms with Gasteiger partial charge in [0.2, 0.25) is 5.89 Å². The van der Waals surface area contributed by atoms with E-state index in [2.05, 4.69) is 30.4 Å². The molecule has 3 aromatic heterocycles. The number of nitrogens with one attached hydrogen (secondary N) is 1. The number of hydrogen-bond donors (Lipinski definition) is 2. The molecule has 12 nitrogen and oxygen atoms in total. The molecule has 4 aromatic rings. The van der Waals surface area contributed by atoms with Gasteiger partial charge in [0.15, 0.2) is 5.82 Å². The molecule has 1 aliphatic heterocycles. The molecule has 0 bridgehead atoms. The Morgan fingerprint density at radius 1 is 1.16 bits per heavy atom. The minimum absolute atomic E-state index is 0.0141. The number of aromatic nitrogens is 5. The summed E-state index contributed by atoms with van der Waals surface area (Å²) in [6.45, 7) is 8.51. The Morgan fingerprint density at radius 2 is 1.84 bits per heavy atom. The molecule has 0 atom stereocenters. The highest BCUT2D eigenvalue weighted by Crippen LogP contribution is 2.33. The van der Waals surface area contributed by atoms with Gasteiger partial charge in [0.05, 0.1) is 35.6 Å². The van der Waals surface area contributed by atoms with E-state index in [9.17, 15) is 18.0 Å². The molecule has 0 spiro atoms. The summed E-state index contributed by atoms with van der Waals surface area (Å²) in [5, 5.41) is 17.7. The maximum Gasteiger partial charge on any atom is 0.490 e. The minimum atomic E-state index is -5.08. The zero-order valence-electron chi connectivity index (χ0n) is 23.1. The number of hydrogen-bond acceptors (Lipinski definition) is 9. The zero-order chi connectivity index (χ0) is 31.5. The SMILES string of the molecule is CC(C)(C)c1nc(C(=O)NCc2ccc(-c3ncnn4cc(N5CCOCC5)cc34)c(F)c2Cl)no1.O=C(O)C(F)(F)F. The van der Waals surface area contributed by atoms with E-state index in [0.717, 1.165) is 18.8 Å². The maximum absolute atomic E-state index is 15.4. The third kappa shape index (κ3) is 7.37. The fourth-order valence-electron chi connectivity index (χ4n) is 3.90. The van der Waals surface area contributed by atoms with Gasteiger partial charge in [-0.1, -0.05) is 43.6 Å². The normalized spacial score (nSPS) is 13.9. The number of amides is 1. The highest BCUT2D eigenvalue weighted by molar-refractivity contribution is 6.31. The van der Waals surface area contributed by atoms with Crippen LogP contribution in [-0.4, -0.2) is 74.2 Å². The van der Waals surface area contributed by atoms with Crippen molar-refractivity contribution in [2.75, 3.05) is 31.2 Å². The summed E-state index contributed by atoms with van der Waals surface area (Å²) in [5.41, 5.74) is 2.29. The lowest BCUT2D eigenvalue weighted by Gasteiger charge is -2.27. The Labute approximate surface area is 246 Å². The van der Waals surface area contributed by atoms with Gasteiger partial charge in [0, 0.05) is 30.6 Å². The first-order valence-corrected chi connectivity index (χ1v) is 13.1. The van der Waals surface area contributed by atoms with Crippen molar-refractivity contribution in [3.8, 4) is 11.3 Å². The number of benzene rings is 1. The first-order chi connectivity index (χ1) is 20.2. The van der Waals surface area contributed by atoms with Crippen molar-refractivity contribution in [1.82, 2.24) is 30.1 Å². The van der Waals surface area contributed by atoms with Crippen LogP contribution in [-0.2, 0) is 21.5 Å². The van der Waals surface area contributed by atoms with Gasteiger partial charge < -0.3 is 24.6 Å². The van der Waals surface area contributed by atoms with E-state index in [4.69, 9.17) is 30.8 Å². The minimum Gasteiger partial charge on any atom is -0.475 e. The molecule has 1 fully saturated rings. The molecule has 0 radical (unpaired) electrons.